The van der Waals surface area contributed by atoms with E-state index in [4.69, 9.17) is 4.74 Å². The van der Waals surface area contributed by atoms with Crippen molar-refractivity contribution in [2.45, 2.75) is 26.2 Å². The summed E-state index contributed by atoms with van der Waals surface area (Å²) in [7, 11) is 0. The zero-order chi connectivity index (χ0) is 21.6. The summed E-state index contributed by atoms with van der Waals surface area (Å²) in [6.07, 6.45) is 3.59. The number of aromatic amines is 1. The van der Waals surface area contributed by atoms with Gasteiger partial charge in [0.05, 0.1) is 12.2 Å². The van der Waals surface area contributed by atoms with Crippen molar-refractivity contribution in [1.29, 1.82) is 0 Å². The lowest BCUT2D eigenvalue weighted by atomic mass is 10.1. The number of piperidine rings is 1. The number of benzene rings is 1. The number of ether oxygens (including phenoxy) is 1. The van der Waals surface area contributed by atoms with Gasteiger partial charge in [0.1, 0.15) is 29.8 Å². The highest BCUT2D eigenvalue weighted by Gasteiger charge is 2.15. The van der Waals surface area contributed by atoms with Crippen molar-refractivity contribution < 1.29 is 13.9 Å². The molecule has 2 aromatic heterocycles. The third-order valence-electron chi connectivity index (χ3n) is 5.08. The minimum Gasteiger partial charge on any atom is -0.476 e. The molecule has 3 aromatic rings. The number of hydrogen-bond donors (Lipinski definition) is 2. The van der Waals surface area contributed by atoms with E-state index in [0.29, 0.717) is 29.6 Å². The van der Waals surface area contributed by atoms with E-state index in [9.17, 15) is 9.18 Å². The highest BCUT2D eigenvalue weighted by Crippen LogP contribution is 2.21. The summed E-state index contributed by atoms with van der Waals surface area (Å²) in [6, 6.07) is 9.41. The van der Waals surface area contributed by atoms with Crippen LogP contribution in [0.1, 0.15) is 35.6 Å². The summed E-state index contributed by atoms with van der Waals surface area (Å²) in [4.78, 5) is 23.4. The second-order valence-electron chi connectivity index (χ2n) is 7.44. The van der Waals surface area contributed by atoms with E-state index in [1.54, 1.807) is 18.2 Å². The maximum atomic E-state index is 13.1. The molecule has 1 aliphatic heterocycles. The largest absolute Gasteiger partial charge is 0.476 e. The van der Waals surface area contributed by atoms with E-state index in [1.165, 1.54) is 31.4 Å². The first-order chi connectivity index (χ1) is 15.1. The molecule has 162 valence electrons. The zero-order valence-corrected chi connectivity index (χ0v) is 17.4. The van der Waals surface area contributed by atoms with E-state index < -0.39 is 0 Å². The van der Waals surface area contributed by atoms with Gasteiger partial charge in [0, 0.05) is 24.7 Å². The van der Waals surface area contributed by atoms with Crippen LogP contribution in [0.25, 0.3) is 11.3 Å². The molecule has 1 amide bonds. The molecule has 9 heteroatoms. The van der Waals surface area contributed by atoms with Gasteiger partial charge < -0.3 is 15.0 Å². The van der Waals surface area contributed by atoms with Gasteiger partial charge in [0.2, 0.25) is 5.88 Å². The molecule has 0 saturated carbocycles. The van der Waals surface area contributed by atoms with Crippen LogP contribution in [0.3, 0.4) is 0 Å². The first kappa shape index (κ1) is 20.8. The maximum Gasteiger partial charge on any atom is 0.269 e. The van der Waals surface area contributed by atoms with E-state index in [2.05, 4.69) is 30.4 Å². The molecule has 1 aromatic carbocycles. The average Bonchev–Trinajstić information content (AvgIpc) is 3.28. The smallest absolute Gasteiger partial charge is 0.269 e. The lowest BCUT2D eigenvalue weighted by Crippen LogP contribution is -2.30. The van der Waals surface area contributed by atoms with Gasteiger partial charge in [-0.1, -0.05) is 0 Å². The van der Waals surface area contributed by atoms with Gasteiger partial charge in [-0.15, -0.1) is 0 Å². The molecular weight excluding hydrogens is 399 g/mol. The Labute approximate surface area is 179 Å². The third-order valence-corrected chi connectivity index (χ3v) is 5.08. The Morgan fingerprint density at radius 3 is 2.71 bits per heavy atom. The second kappa shape index (κ2) is 9.55. The number of rotatable bonds is 7. The molecule has 0 bridgehead atoms. The van der Waals surface area contributed by atoms with Crippen LogP contribution in [0.5, 0.6) is 5.88 Å². The van der Waals surface area contributed by atoms with Gasteiger partial charge in [-0.2, -0.15) is 10.1 Å². The summed E-state index contributed by atoms with van der Waals surface area (Å²) < 4.78 is 18.8. The summed E-state index contributed by atoms with van der Waals surface area (Å²) in [5, 5.41) is 9.61. The number of halogens is 1. The van der Waals surface area contributed by atoms with Crippen molar-refractivity contribution in [3.8, 4) is 17.1 Å². The van der Waals surface area contributed by atoms with Gasteiger partial charge >= 0.3 is 0 Å². The number of amides is 1. The molecule has 1 saturated heterocycles. The second-order valence-corrected chi connectivity index (χ2v) is 7.44. The Kier molecular flexibility index (Phi) is 6.40. The van der Waals surface area contributed by atoms with Gasteiger partial charge in [-0.3, -0.25) is 9.89 Å². The molecule has 31 heavy (non-hydrogen) atoms. The Hall–Kier alpha value is -3.49. The molecule has 4 rings (SSSR count). The number of hydrogen-bond acceptors (Lipinski definition) is 6. The fourth-order valence-corrected chi connectivity index (χ4v) is 3.51. The number of nitrogens with zero attached hydrogens (tertiary/aromatic N) is 4. The third kappa shape index (κ3) is 5.36. The molecule has 0 radical (unpaired) electrons. The normalized spacial score (nSPS) is 13.8. The Morgan fingerprint density at radius 1 is 1.16 bits per heavy atom. The summed E-state index contributed by atoms with van der Waals surface area (Å²) in [5.41, 5.74) is 1.62. The Balaban J connectivity index is 1.28. The fourth-order valence-electron chi connectivity index (χ4n) is 3.51. The first-order valence-corrected chi connectivity index (χ1v) is 10.4. The molecule has 2 N–H and O–H groups in total. The van der Waals surface area contributed by atoms with E-state index >= 15 is 0 Å². The monoisotopic (exact) mass is 424 g/mol. The molecule has 3 heterocycles. The summed E-state index contributed by atoms with van der Waals surface area (Å²) in [5.74, 6) is 1.43. The molecule has 0 atom stereocenters. The van der Waals surface area contributed by atoms with Crippen molar-refractivity contribution in [1.82, 2.24) is 25.5 Å². The van der Waals surface area contributed by atoms with Crippen molar-refractivity contribution in [3.05, 3.63) is 53.7 Å². The zero-order valence-electron chi connectivity index (χ0n) is 17.4. The number of carbonyl (C=O) groups is 1. The number of carbonyl (C=O) groups excluding carboxylic acids is 1. The van der Waals surface area contributed by atoms with Crippen molar-refractivity contribution in [2.75, 3.05) is 31.1 Å². The Morgan fingerprint density at radius 2 is 1.94 bits per heavy atom. The van der Waals surface area contributed by atoms with Crippen LogP contribution in [0, 0.1) is 12.7 Å². The fraction of sp³-hybridized carbons (Fsp3) is 0.364. The van der Waals surface area contributed by atoms with Gasteiger partial charge in [-0.25, -0.2) is 9.37 Å². The minimum absolute atomic E-state index is 0.278. The molecule has 0 aliphatic carbocycles. The average molecular weight is 424 g/mol. The summed E-state index contributed by atoms with van der Waals surface area (Å²) in [6.45, 7) is 4.43. The van der Waals surface area contributed by atoms with E-state index in [-0.39, 0.29) is 18.3 Å². The van der Waals surface area contributed by atoms with Crippen molar-refractivity contribution in [2.24, 2.45) is 0 Å². The van der Waals surface area contributed by atoms with Gasteiger partial charge in [0.15, 0.2) is 0 Å². The predicted molar refractivity (Wildman–Crippen MR) is 115 cm³/mol. The minimum atomic E-state index is -0.320. The molecule has 8 nitrogen and oxygen atoms in total. The molecule has 0 unspecified atom stereocenters. The van der Waals surface area contributed by atoms with Crippen LogP contribution in [0.2, 0.25) is 0 Å². The number of anilines is 1. The quantitative estimate of drug-likeness (QED) is 0.566. The van der Waals surface area contributed by atoms with Gasteiger partial charge in [0.25, 0.3) is 5.91 Å². The first-order valence-electron chi connectivity index (χ1n) is 10.4. The van der Waals surface area contributed by atoms with Crippen LogP contribution in [0.4, 0.5) is 10.2 Å². The van der Waals surface area contributed by atoms with Crippen LogP contribution >= 0.6 is 0 Å². The molecular formula is C22H25FN6O2. The van der Waals surface area contributed by atoms with Crippen LogP contribution in [0.15, 0.2) is 36.4 Å². The molecule has 1 fully saturated rings. The van der Waals surface area contributed by atoms with Crippen molar-refractivity contribution in [3.63, 3.8) is 0 Å². The lowest BCUT2D eigenvalue weighted by molar-refractivity contribution is 0.0941. The van der Waals surface area contributed by atoms with E-state index in [1.807, 2.05) is 13.0 Å². The van der Waals surface area contributed by atoms with Crippen LogP contribution in [-0.4, -0.2) is 52.3 Å². The Bertz CT molecular complexity index is 1030. The maximum absolute atomic E-state index is 13.1. The van der Waals surface area contributed by atoms with Gasteiger partial charge in [-0.05, 0) is 56.5 Å². The standard InChI is InChI=1S/C22H25FN6O2/c1-15-25-20(29-10-3-2-4-11-29)14-21(26-15)31-12-9-24-22(30)19-13-18(27-28-19)16-5-7-17(23)8-6-16/h5-8,13-14H,2-4,9-12H2,1H3,(H,24,30)(H,27,28). The predicted octanol–water partition coefficient (Wildman–Crippen LogP) is 3.11. The van der Waals surface area contributed by atoms with Crippen molar-refractivity contribution >= 4 is 11.7 Å². The topological polar surface area (TPSA) is 96.0 Å². The number of nitrogens with one attached hydrogen (secondary N) is 2. The molecule has 1 aliphatic rings. The lowest BCUT2D eigenvalue weighted by Gasteiger charge is -2.28. The number of aromatic nitrogens is 4. The SMILES string of the molecule is Cc1nc(OCCNC(=O)c2cc(-c3ccc(F)cc3)n[nH]2)cc(N2CCCCC2)n1. The summed E-state index contributed by atoms with van der Waals surface area (Å²) >= 11 is 0. The number of aryl methyl sites for hydroxylation is 1. The molecule has 0 spiro atoms. The number of H-pyrrole nitrogens is 1. The van der Waals surface area contributed by atoms with Crippen LogP contribution in [-0.2, 0) is 0 Å². The highest BCUT2D eigenvalue weighted by atomic mass is 19.1. The van der Waals surface area contributed by atoms with E-state index in [0.717, 1.165) is 24.5 Å². The van der Waals surface area contributed by atoms with Crippen LogP contribution < -0.4 is 15.0 Å². The highest BCUT2D eigenvalue weighted by molar-refractivity contribution is 5.93.